The van der Waals surface area contributed by atoms with Crippen molar-refractivity contribution in [2.45, 2.75) is 19.3 Å². The average molecular weight is 343 g/mol. The van der Waals surface area contributed by atoms with Gasteiger partial charge in [-0.05, 0) is 54.8 Å². The van der Waals surface area contributed by atoms with Crippen molar-refractivity contribution in [3.05, 3.63) is 64.7 Å². The van der Waals surface area contributed by atoms with E-state index in [9.17, 15) is 9.59 Å². The number of carbonyl (C=O) groups is 2. The van der Waals surface area contributed by atoms with Gasteiger partial charge in [-0.25, -0.2) is 0 Å². The number of carbonyl (C=O) groups excluding carboxylic acids is 2. The number of nitrogens with one attached hydrogen (secondary N) is 1. The van der Waals surface area contributed by atoms with Crippen LogP contribution in [-0.2, 0) is 11.2 Å². The van der Waals surface area contributed by atoms with Crippen molar-refractivity contribution in [2.75, 3.05) is 18.4 Å². The molecule has 0 atom stereocenters. The first-order chi connectivity index (χ1) is 11.6. The molecule has 5 heteroatoms. The summed E-state index contributed by atoms with van der Waals surface area (Å²) in [5.74, 6) is -0.0394. The normalized spacial score (nSPS) is 13.8. The van der Waals surface area contributed by atoms with E-state index in [2.05, 4.69) is 5.32 Å². The van der Waals surface area contributed by atoms with Crippen LogP contribution in [0.3, 0.4) is 0 Å². The Hall–Kier alpha value is -2.33. The Morgan fingerprint density at radius 3 is 2.21 bits per heavy atom. The number of likely N-dealkylation sites (tertiary alicyclic amines) is 1. The maximum atomic E-state index is 12.3. The first kappa shape index (κ1) is 16.5. The van der Waals surface area contributed by atoms with E-state index in [0.29, 0.717) is 16.3 Å². The Balaban J connectivity index is 1.58. The molecule has 0 saturated carbocycles. The molecule has 0 spiro atoms. The van der Waals surface area contributed by atoms with Gasteiger partial charge in [0.1, 0.15) is 0 Å². The van der Waals surface area contributed by atoms with Crippen molar-refractivity contribution in [3.8, 4) is 0 Å². The van der Waals surface area contributed by atoms with E-state index in [0.717, 1.165) is 31.5 Å². The van der Waals surface area contributed by atoms with Gasteiger partial charge in [0.2, 0.25) is 5.91 Å². The first-order valence-electron chi connectivity index (χ1n) is 8.05. The maximum absolute atomic E-state index is 12.3. The largest absolute Gasteiger partial charge is 0.339 e. The van der Waals surface area contributed by atoms with Crippen molar-refractivity contribution in [1.82, 2.24) is 4.90 Å². The number of halogens is 1. The summed E-state index contributed by atoms with van der Waals surface area (Å²) >= 11 is 5.83. The smallest absolute Gasteiger partial charge is 0.253 e. The van der Waals surface area contributed by atoms with Crippen LogP contribution < -0.4 is 5.32 Å². The van der Waals surface area contributed by atoms with Gasteiger partial charge in [0.05, 0.1) is 6.42 Å². The zero-order chi connectivity index (χ0) is 16.9. The van der Waals surface area contributed by atoms with Crippen molar-refractivity contribution >= 4 is 29.1 Å². The van der Waals surface area contributed by atoms with E-state index >= 15 is 0 Å². The van der Waals surface area contributed by atoms with E-state index in [1.165, 1.54) is 0 Å². The molecular formula is C19H19ClN2O2. The number of anilines is 1. The highest BCUT2D eigenvalue weighted by molar-refractivity contribution is 6.30. The van der Waals surface area contributed by atoms with Gasteiger partial charge < -0.3 is 10.2 Å². The van der Waals surface area contributed by atoms with Gasteiger partial charge in [-0.2, -0.15) is 0 Å². The molecule has 0 radical (unpaired) electrons. The molecule has 1 aliphatic rings. The minimum absolute atomic E-state index is 0.0616. The van der Waals surface area contributed by atoms with Gasteiger partial charge in [-0.3, -0.25) is 9.59 Å². The summed E-state index contributed by atoms with van der Waals surface area (Å²) < 4.78 is 0. The summed E-state index contributed by atoms with van der Waals surface area (Å²) in [5.41, 5.74) is 2.25. The van der Waals surface area contributed by atoms with Crippen molar-refractivity contribution in [2.24, 2.45) is 0 Å². The Morgan fingerprint density at radius 1 is 0.958 bits per heavy atom. The van der Waals surface area contributed by atoms with Crippen molar-refractivity contribution in [1.29, 1.82) is 0 Å². The molecule has 1 heterocycles. The summed E-state index contributed by atoms with van der Waals surface area (Å²) in [4.78, 5) is 26.2. The quantitative estimate of drug-likeness (QED) is 0.919. The van der Waals surface area contributed by atoms with E-state index < -0.39 is 0 Å². The molecular weight excluding hydrogens is 324 g/mol. The van der Waals surface area contributed by atoms with Crippen LogP contribution in [0.2, 0.25) is 5.02 Å². The van der Waals surface area contributed by atoms with E-state index in [4.69, 9.17) is 11.6 Å². The van der Waals surface area contributed by atoms with Crippen molar-refractivity contribution < 1.29 is 9.59 Å². The first-order valence-corrected chi connectivity index (χ1v) is 8.43. The van der Waals surface area contributed by atoms with Gasteiger partial charge in [-0.1, -0.05) is 23.7 Å². The van der Waals surface area contributed by atoms with Crippen LogP contribution in [0.5, 0.6) is 0 Å². The lowest BCUT2D eigenvalue weighted by Gasteiger charge is -2.15. The Labute approximate surface area is 146 Å². The molecule has 1 N–H and O–H groups in total. The monoisotopic (exact) mass is 342 g/mol. The molecule has 1 saturated heterocycles. The van der Waals surface area contributed by atoms with Crippen LogP contribution in [-0.4, -0.2) is 29.8 Å². The van der Waals surface area contributed by atoms with Crippen LogP contribution in [0, 0.1) is 0 Å². The van der Waals surface area contributed by atoms with E-state index in [1.54, 1.807) is 36.4 Å². The molecule has 0 bridgehead atoms. The highest BCUT2D eigenvalue weighted by Crippen LogP contribution is 2.16. The highest BCUT2D eigenvalue weighted by Gasteiger charge is 2.19. The number of hydrogen-bond donors (Lipinski definition) is 1. The topological polar surface area (TPSA) is 49.4 Å². The van der Waals surface area contributed by atoms with Gasteiger partial charge in [-0.15, -0.1) is 0 Å². The van der Waals surface area contributed by atoms with Gasteiger partial charge in [0.15, 0.2) is 0 Å². The zero-order valence-electron chi connectivity index (χ0n) is 13.3. The third-order valence-corrected chi connectivity index (χ3v) is 4.34. The van der Waals surface area contributed by atoms with Crippen molar-refractivity contribution in [3.63, 3.8) is 0 Å². The van der Waals surface area contributed by atoms with Gasteiger partial charge in [0.25, 0.3) is 5.91 Å². The molecule has 0 unspecified atom stereocenters. The Morgan fingerprint density at radius 2 is 1.58 bits per heavy atom. The minimum Gasteiger partial charge on any atom is -0.339 e. The summed E-state index contributed by atoms with van der Waals surface area (Å²) in [7, 11) is 0. The fraction of sp³-hybridized carbons (Fsp3) is 0.263. The fourth-order valence-corrected chi connectivity index (χ4v) is 2.92. The molecule has 4 nitrogen and oxygen atoms in total. The summed E-state index contributed by atoms with van der Waals surface area (Å²) in [6.07, 6.45) is 2.43. The number of benzene rings is 2. The number of rotatable bonds is 4. The third-order valence-electron chi connectivity index (χ3n) is 4.09. The Kier molecular flexibility index (Phi) is 5.16. The lowest BCUT2D eigenvalue weighted by Crippen LogP contribution is -2.27. The SMILES string of the molecule is O=C(Cc1ccc(Cl)cc1)Nc1ccc(C(=O)N2CCCC2)cc1. The van der Waals surface area contributed by atoms with Crippen LogP contribution in [0.25, 0.3) is 0 Å². The highest BCUT2D eigenvalue weighted by atomic mass is 35.5. The second-order valence-electron chi connectivity index (χ2n) is 5.93. The summed E-state index contributed by atoms with van der Waals surface area (Å²) in [5, 5.41) is 3.49. The second kappa shape index (κ2) is 7.49. The third kappa shape index (κ3) is 4.15. The minimum atomic E-state index is -0.101. The molecule has 3 rings (SSSR count). The zero-order valence-corrected chi connectivity index (χ0v) is 14.1. The lowest BCUT2D eigenvalue weighted by molar-refractivity contribution is -0.115. The second-order valence-corrected chi connectivity index (χ2v) is 6.36. The number of nitrogens with zero attached hydrogens (tertiary/aromatic N) is 1. The van der Waals surface area contributed by atoms with Crippen LogP contribution >= 0.6 is 11.6 Å². The van der Waals surface area contributed by atoms with E-state index in [-0.39, 0.29) is 18.2 Å². The van der Waals surface area contributed by atoms with Crippen LogP contribution in [0.15, 0.2) is 48.5 Å². The fourth-order valence-electron chi connectivity index (χ4n) is 2.79. The number of hydrogen-bond acceptors (Lipinski definition) is 2. The molecule has 2 aromatic rings. The molecule has 0 aromatic heterocycles. The van der Waals surface area contributed by atoms with E-state index in [1.807, 2.05) is 17.0 Å². The van der Waals surface area contributed by atoms with Crippen LogP contribution in [0.1, 0.15) is 28.8 Å². The lowest BCUT2D eigenvalue weighted by atomic mass is 10.1. The molecule has 2 amide bonds. The maximum Gasteiger partial charge on any atom is 0.253 e. The predicted molar refractivity (Wildman–Crippen MR) is 95.4 cm³/mol. The van der Waals surface area contributed by atoms with Gasteiger partial charge >= 0.3 is 0 Å². The number of amides is 2. The predicted octanol–water partition coefficient (Wildman–Crippen LogP) is 3.76. The standard InChI is InChI=1S/C19H19ClN2O2/c20-16-7-3-14(4-8-16)13-18(23)21-17-9-5-15(6-10-17)19(24)22-11-1-2-12-22/h3-10H,1-2,11-13H2,(H,21,23). The molecule has 0 aliphatic carbocycles. The molecule has 2 aromatic carbocycles. The van der Waals surface area contributed by atoms with Crippen LogP contribution in [0.4, 0.5) is 5.69 Å². The summed E-state index contributed by atoms with van der Waals surface area (Å²) in [6.45, 7) is 1.66. The summed E-state index contributed by atoms with van der Waals surface area (Å²) in [6, 6.07) is 14.3. The van der Waals surface area contributed by atoms with Gasteiger partial charge in [0, 0.05) is 29.4 Å². The molecule has 24 heavy (non-hydrogen) atoms. The molecule has 124 valence electrons. The average Bonchev–Trinajstić information content (AvgIpc) is 3.11. The molecule has 1 fully saturated rings. The Bertz CT molecular complexity index is 720. The molecule has 1 aliphatic heterocycles.